The number of hydrazine groups is 1. The summed E-state index contributed by atoms with van der Waals surface area (Å²) in [4.78, 5) is 3.32. The van der Waals surface area contributed by atoms with E-state index in [0.717, 1.165) is 24.4 Å². The van der Waals surface area contributed by atoms with Crippen LogP contribution in [0.4, 0.5) is 20.2 Å². The predicted molar refractivity (Wildman–Crippen MR) is 69.2 cm³/mol. The van der Waals surface area contributed by atoms with Gasteiger partial charge in [0.1, 0.15) is 22.2 Å². The zero-order valence-corrected chi connectivity index (χ0v) is 10.8. The lowest BCUT2D eigenvalue weighted by Crippen LogP contribution is -2.19. The molecule has 0 atom stereocenters. The van der Waals surface area contributed by atoms with Gasteiger partial charge in [-0.3, -0.25) is 15.5 Å². The maximum absolute atomic E-state index is 13.5. The molecule has 6 nitrogen and oxygen atoms in total. The third kappa shape index (κ3) is 2.68. The molecule has 0 fully saturated rings. The zero-order chi connectivity index (χ0) is 14.8. The molecule has 0 saturated carbocycles. The average Bonchev–Trinajstić information content (AvgIpc) is 2.43. The van der Waals surface area contributed by atoms with Gasteiger partial charge in [0.05, 0.1) is 5.69 Å². The fourth-order valence-electron chi connectivity index (χ4n) is 1.50. The van der Waals surface area contributed by atoms with Crippen LogP contribution in [0, 0.1) is 11.6 Å². The number of hydrogen-bond acceptors (Lipinski definition) is 5. The number of aromatic nitrogens is 1. The number of rotatable bonds is 4. The summed E-state index contributed by atoms with van der Waals surface area (Å²) in [5.74, 6) is 3.13. The van der Waals surface area contributed by atoms with E-state index >= 15 is 0 Å². The van der Waals surface area contributed by atoms with Crippen LogP contribution < -0.4 is 16.0 Å². The molecule has 0 unspecified atom stereocenters. The first-order valence-corrected chi connectivity index (χ1v) is 6.81. The smallest absolute Gasteiger partial charge is 0.265 e. The van der Waals surface area contributed by atoms with Crippen LogP contribution in [0.2, 0.25) is 0 Å². The SMILES string of the molecule is NNc1ccncc1S(=O)(=O)Nc1c(F)cccc1F. The van der Waals surface area contributed by atoms with Crippen LogP contribution in [0.15, 0.2) is 41.6 Å². The lowest BCUT2D eigenvalue weighted by atomic mass is 10.3. The Hall–Kier alpha value is -2.26. The summed E-state index contributed by atoms with van der Waals surface area (Å²) in [7, 11) is -4.24. The third-order valence-electron chi connectivity index (χ3n) is 2.43. The summed E-state index contributed by atoms with van der Waals surface area (Å²) in [6.45, 7) is 0. The first-order chi connectivity index (χ1) is 9.45. The molecule has 0 saturated heterocycles. The molecule has 0 aliphatic heterocycles. The molecular weight excluding hydrogens is 290 g/mol. The highest BCUT2D eigenvalue weighted by Crippen LogP contribution is 2.25. The van der Waals surface area contributed by atoms with Gasteiger partial charge in [0.25, 0.3) is 10.0 Å². The van der Waals surface area contributed by atoms with Crippen molar-refractivity contribution in [3.63, 3.8) is 0 Å². The number of nitrogens with one attached hydrogen (secondary N) is 2. The van der Waals surface area contributed by atoms with Crippen molar-refractivity contribution in [2.45, 2.75) is 4.90 Å². The third-order valence-corrected chi connectivity index (χ3v) is 3.81. The molecule has 4 N–H and O–H groups in total. The van der Waals surface area contributed by atoms with Crippen LogP contribution in [0.5, 0.6) is 0 Å². The van der Waals surface area contributed by atoms with Gasteiger partial charge in [-0.15, -0.1) is 0 Å². The molecule has 1 aromatic heterocycles. The molecule has 0 radical (unpaired) electrons. The number of halogens is 2. The van der Waals surface area contributed by atoms with Crippen LogP contribution in [0.25, 0.3) is 0 Å². The van der Waals surface area contributed by atoms with Gasteiger partial charge in [-0.25, -0.2) is 17.2 Å². The van der Waals surface area contributed by atoms with Crippen molar-refractivity contribution in [2.24, 2.45) is 5.84 Å². The Morgan fingerprint density at radius 2 is 1.80 bits per heavy atom. The first kappa shape index (κ1) is 14.2. The molecule has 0 amide bonds. The lowest BCUT2D eigenvalue weighted by molar-refractivity contribution is 0.583. The van der Waals surface area contributed by atoms with Gasteiger partial charge in [-0.05, 0) is 18.2 Å². The summed E-state index contributed by atoms with van der Waals surface area (Å²) in [5.41, 5.74) is 1.45. The molecule has 0 spiro atoms. The van der Waals surface area contributed by atoms with Crippen molar-refractivity contribution in [3.05, 3.63) is 48.3 Å². The number of nitrogens with zero attached hydrogens (tertiary/aromatic N) is 1. The van der Waals surface area contributed by atoms with Gasteiger partial charge in [0.2, 0.25) is 0 Å². The fraction of sp³-hybridized carbons (Fsp3) is 0. The molecule has 0 aliphatic carbocycles. The van der Waals surface area contributed by atoms with Crippen molar-refractivity contribution in [1.82, 2.24) is 4.98 Å². The molecule has 106 valence electrons. The van der Waals surface area contributed by atoms with E-state index in [4.69, 9.17) is 5.84 Å². The summed E-state index contributed by atoms with van der Waals surface area (Å²) < 4.78 is 53.0. The summed E-state index contributed by atoms with van der Waals surface area (Å²) in [5, 5.41) is 0. The standard InChI is InChI=1S/C11H10F2N4O2S/c12-7-2-1-3-8(13)11(7)17-20(18,19)10-6-15-5-4-9(10)16-14/h1-6,17H,14H2,(H,15,16). The molecule has 0 bridgehead atoms. The second kappa shape index (κ2) is 5.39. The number of nitrogens with two attached hydrogens (primary N) is 1. The number of sulfonamides is 1. The van der Waals surface area contributed by atoms with Gasteiger partial charge in [-0.1, -0.05) is 6.07 Å². The van der Waals surface area contributed by atoms with Gasteiger partial charge in [0, 0.05) is 12.4 Å². The molecular formula is C11H10F2N4O2S. The van der Waals surface area contributed by atoms with E-state index in [-0.39, 0.29) is 10.6 Å². The highest BCUT2D eigenvalue weighted by molar-refractivity contribution is 7.92. The van der Waals surface area contributed by atoms with Crippen LogP contribution in [0.3, 0.4) is 0 Å². The van der Waals surface area contributed by atoms with Crippen molar-refractivity contribution >= 4 is 21.4 Å². The molecule has 2 aromatic rings. The molecule has 1 heterocycles. The number of pyridine rings is 1. The van der Waals surface area contributed by atoms with E-state index < -0.39 is 27.3 Å². The Morgan fingerprint density at radius 3 is 2.40 bits per heavy atom. The quantitative estimate of drug-likeness (QED) is 0.586. The van der Waals surface area contributed by atoms with Gasteiger partial charge in [0.15, 0.2) is 0 Å². The van der Waals surface area contributed by atoms with Crippen molar-refractivity contribution in [1.29, 1.82) is 0 Å². The number of anilines is 2. The number of nitrogen functional groups attached to an aromatic ring is 1. The minimum absolute atomic E-state index is 0.0456. The highest BCUT2D eigenvalue weighted by Gasteiger charge is 2.22. The summed E-state index contributed by atoms with van der Waals surface area (Å²) in [6.07, 6.45) is 2.33. The van der Waals surface area contributed by atoms with E-state index in [1.165, 1.54) is 12.3 Å². The number of hydrogen-bond donors (Lipinski definition) is 3. The topological polar surface area (TPSA) is 97.1 Å². The second-order valence-corrected chi connectivity index (χ2v) is 5.37. The van der Waals surface area contributed by atoms with E-state index in [1.807, 2.05) is 4.72 Å². The van der Waals surface area contributed by atoms with E-state index in [1.54, 1.807) is 0 Å². The van der Waals surface area contributed by atoms with Gasteiger partial charge in [-0.2, -0.15) is 0 Å². The molecule has 9 heteroatoms. The summed E-state index contributed by atoms with van der Waals surface area (Å²) in [6, 6.07) is 4.31. The van der Waals surface area contributed by atoms with E-state index in [2.05, 4.69) is 10.4 Å². The van der Waals surface area contributed by atoms with Crippen LogP contribution in [0.1, 0.15) is 0 Å². The van der Waals surface area contributed by atoms with Crippen LogP contribution >= 0.6 is 0 Å². The highest BCUT2D eigenvalue weighted by atomic mass is 32.2. The summed E-state index contributed by atoms with van der Waals surface area (Å²) >= 11 is 0. The Kier molecular flexibility index (Phi) is 3.81. The monoisotopic (exact) mass is 300 g/mol. The lowest BCUT2D eigenvalue weighted by Gasteiger charge is -2.12. The number of para-hydroxylation sites is 1. The Bertz CT molecular complexity index is 717. The second-order valence-electron chi connectivity index (χ2n) is 3.72. The maximum atomic E-state index is 13.5. The Balaban J connectivity index is 2.47. The van der Waals surface area contributed by atoms with Crippen molar-refractivity contribution in [3.8, 4) is 0 Å². The predicted octanol–water partition coefficient (Wildman–Crippen LogP) is 1.45. The van der Waals surface area contributed by atoms with Crippen LogP contribution in [-0.4, -0.2) is 13.4 Å². The number of benzene rings is 1. The van der Waals surface area contributed by atoms with Gasteiger partial charge >= 0.3 is 0 Å². The Labute approximate surface area is 113 Å². The zero-order valence-electron chi connectivity index (χ0n) is 9.97. The molecule has 1 aromatic carbocycles. The molecule has 0 aliphatic rings. The van der Waals surface area contributed by atoms with Gasteiger partial charge < -0.3 is 5.43 Å². The van der Waals surface area contributed by atoms with Crippen molar-refractivity contribution in [2.75, 3.05) is 10.1 Å². The van der Waals surface area contributed by atoms with E-state index in [9.17, 15) is 17.2 Å². The van der Waals surface area contributed by atoms with Crippen molar-refractivity contribution < 1.29 is 17.2 Å². The fourth-order valence-corrected chi connectivity index (χ4v) is 2.69. The first-order valence-electron chi connectivity index (χ1n) is 5.33. The normalized spacial score (nSPS) is 11.2. The molecule has 2 rings (SSSR count). The molecule has 20 heavy (non-hydrogen) atoms. The largest absolute Gasteiger partial charge is 0.323 e. The van der Waals surface area contributed by atoms with Crippen LogP contribution in [-0.2, 0) is 10.0 Å². The minimum atomic E-state index is -4.24. The Morgan fingerprint density at radius 1 is 1.15 bits per heavy atom. The van der Waals surface area contributed by atoms with E-state index in [0.29, 0.717) is 0 Å². The average molecular weight is 300 g/mol. The minimum Gasteiger partial charge on any atom is -0.323 e. The maximum Gasteiger partial charge on any atom is 0.265 e.